The molecule has 0 bridgehead atoms. The van der Waals surface area contributed by atoms with E-state index in [1.165, 1.54) is 37.1 Å². The summed E-state index contributed by atoms with van der Waals surface area (Å²) in [7, 11) is 0. The van der Waals surface area contributed by atoms with E-state index >= 15 is 0 Å². The monoisotopic (exact) mass is 264 g/mol. The largest absolute Gasteiger partial charge is 0.493 e. The Kier molecular flexibility index (Phi) is 4.55. The number of carbonyl (C=O) groups excluding carboxylic acids is 1. The summed E-state index contributed by atoms with van der Waals surface area (Å²) < 4.78 is 23.6. The van der Waals surface area contributed by atoms with Crippen LogP contribution in [0.25, 0.3) is 6.08 Å². The number of hydrogen-bond acceptors (Lipinski definition) is 3. The minimum Gasteiger partial charge on any atom is -0.493 e. The van der Waals surface area contributed by atoms with Crippen LogP contribution in [0.4, 0.5) is 4.39 Å². The molecule has 1 fully saturated rings. The van der Waals surface area contributed by atoms with Gasteiger partial charge >= 0.3 is 5.97 Å². The predicted octanol–water partition coefficient (Wildman–Crippen LogP) is 3.19. The third-order valence-electron chi connectivity index (χ3n) is 2.83. The first kappa shape index (κ1) is 13.6. The van der Waals surface area contributed by atoms with E-state index in [2.05, 4.69) is 0 Å². The topological polar surface area (TPSA) is 35.5 Å². The maximum atomic E-state index is 13.2. The molecule has 2 rings (SSSR count). The maximum absolute atomic E-state index is 13.2. The third-order valence-corrected chi connectivity index (χ3v) is 2.83. The van der Waals surface area contributed by atoms with Gasteiger partial charge in [0.1, 0.15) is 11.6 Å². The van der Waals surface area contributed by atoms with Crippen molar-refractivity contribution in [2.24, 2.45) is 5.92 Å². The smallest absolute Gasteiger partial charge is 0.330 e. The molecular formula is C15H17FO3. The highest BCUT2D eigenvalue weighted by Crippen LogP contribution is 2.30. The SMILES string of the molecule is CCOC(=O)C=Cc1cc(F)ccc1OCC1CC1. The van der Waals surface area contributed by atoms with E-state index in [9.17, 15) is 9.18 Å². The van der Waals surface area contributed by atoms with Crippen LogP contribution in [0, 0.1) is 11.7 Å². The second-order valence-corrected chi connectivity index (χ2v) is 4.52. The molecule has 0 radical (unpaired) electrons. The lowest BCUT2D eigenvalue weighted by atomic mass is 10.2. The Bertz CT molecular complexity index is 478. The van der Waals surface area contributed by atoms with Gasteiger partial charge in [-0.05, 0) is 50.0 Å². The van der Waals surface area contributed by atoms with E-state index in [4.69, 9.17) is 9.47 Å². The van der Waals surface area contributed by atoms with Gasteiger partial charge in [0.25, 0.3) is 0 Å². The summed E-state index contributed by atoms with van der Waals surface area (Å²) in [5.41, 5.74) is 0.550. The Hall–Kier alpha value is -1.84. The summed E-state index contributed by atoms with van der Waals surface area (Å²) in [5.74, 6) is 0.406. The van der Waals surface area contributed by atoms with Crippen molar-refractivity contribution in [3.63, 3.8) is 0 Å². The normalized spacial score (nSPS) is 14.6. The molecule has 0 atom stereocenters. The maximum Gasteiger partial charge on any atom is 0.330 e. The zero-order valence-corrected chi connectivity index (χ0v) is 10.9. The molecule has 3 nitrogen and oxygen atoms in total. The standard InChI is InChI=1S/C15H17FO3/c1-2-18-15(17)8-5-12-9-13(16)6-7-14(12)19-10-11-3-4-11/h5-9,11H,2-4,10H2,1H3. The number of rotatable bonds is 6. The van der Waals surface area contributed by atoms with E-state index in [0.717, 1.165) is 0 Å². The van der Waals surface area contributed by atoms with Crippen LogP contribution in [0.2, 0.25) is 0 Å². The van der Waals surface area contributed by atoms with Crippen LogP contribution in [0.3, 0.4) is 0 Å². The number of hydrogen-bond donors (Lipinski definition) is 0. The zero-order valence-electron chi connectivity index (χ0n) is 10.9. The van der Waals surface area contributed by atoms with Crippen LogP contribution in [-0.4, -0.2) is 19.2 Å². The van der Waals surface area contributed by atoms with Crippen molar-refractivity contribution in [1.29, 1.82) is 0 Å². The number of carbonyl (C=O) groups is 1. The van der Waals surface area contributed by atoms with Crippen molar-refractivity contribution in [1.82, 2.24) is 0 Å². The van der Waals surface area contributed by atoms with Gasteiger partial charge in [-0.25, -0.2) is 9.18 Å². The van der Waals surface area contributed by atoms with Crippen molar-refractivity contribution in [3.8, 4) is 5.75 Å². The minimum atomic E-state index is -0.445. The number of ether oxygens (including phenoxy) is 2. The van der Waals surface area contributed by atoms with Gasteiger partial charge in [0.15, 0.2) is 0 Å². The summed E-state index contributed by atoms with van der Waals surface area (Å²) in [6.45, 7) is 2.70. The van der Waals surface area contributed by atoms with Crippen LogP contribution in [0.1, 0.15) is 25.3 Å². The Morgan fingerprint density at radius 1 is 1.47 bits per heavy atom. The molecule has 4 heteroatoms. The van der Waals surface area contributed by atoms with Crippen LogP contribution in [0.5, 0.6) is 5.75 Å². The second-order valence-electron chi connectivity index (χ2n) is 4.52. The fourth-order valence-corrected chi connectivity index (χ4v) is 1.62. The predicted molar refractivity (Wildman–Crippen MR) is 70.3 cm³/mol. The lowest BCUT2D eigenvalue weighted by Gasteiger charge is -2.08. The molecule has 0 heterocycles. The van der Waals surface area contributed by atoms with E-state index < -0.39 is 5.97 Å². The second kappa shape index (κ2) is 6.36. The molecule has 1 aromatic rings. The summed E-state index contributed by atoms with van der Waals surface area (Å²) >= 11 is 0. The molecule has 102 valence electrons. The summed E-state index contributed by atoms with van der Waals surface area (Å²) in [6, 6.07) is 4.28. The summed E-state index contributed by atoms with van der Waals surface area (Å²) in [5, 5.41) is 0. The van der Waals surface area contributed by atoms with E-state index in [1.807, 2.05) is 0 Å². The fourth-order valence-electron chi connectivity index (χ4n) is 1.62. The minimum absolute atomic E-state index is 0.317. The van der Waals surface area contributed by atoms with Crippen molar-refractivity contribution in [3.05, 3.63) is 35.7 Å². The number of esters is 1. The molecule has 0 unspecified atom stereocenters. The van der Waals surface area contributed by atoms with Crippen LogP contribution < -0.4 is 4.74 Å². The molecule has 0 amide bonds. The first-order chi connectivity index (χ1) is 9.19. The molecule has 0 aliphatic heterocycles. The van der Waals surface area contributed by atoms with Crippen molar-refractivity contribution >= 4 is 12.0 Å². The molecule has 0 N–H and O–H groups in total. The quantitative estimate of drug-likeness (QED) is 0.584. The van der Waals surface area contributed by atoms with Crippen LogP contribution >= 0.6 is 0 Å². The molecule has 0 aromatic heterocycles. The summed E-state index contributed by atoms with van der Waals surface area (Å²) in [4.78, 5) is 11.2. The molecule has 0 saturated heterocycles. The van der Waals surface area contributed by atoms with Crippen LogP contribution in [-0.2, 0) is 9.53 Å². The van der Waals surface area contributed by atoms with Gasteiger partial charge in [-0.2, -0.15) is 0 Å². The van der Waals surface area contributed by atoms with E-state index in [0.29, 0.717) is 30.4 Å². The van der Waals surface area contributed by atoms with Gasteiger partial charge < -0.3 is 9.47 Å². The Labute approximate surface area is 112 Å². The molecule has 1 saturated carbocycles. The van der Waals surface area contributed by atoms with Crippen molar-refractivity contribution in [2.45, 2.75) is 19.8 Å². The molecule has 1 aromatic carbocycles. The number of benzene rings is 1. The van der Waals surface area contributed by atoms with Gasteiger partial charge in [-0.15, -0.1) is 0 Å². The molecule has 1 aliphatic rings. The van der Waals surface area contributed by atoms with Crippen molar-refractivity contribution < 1.29 is 18.7 Å². The van der Waals surface area contributed by atoms with Gasteiger partial charge in [0, 0.05) is 11.6 Å². The Morgan fingerprint density at radius 2 is 2.26 bits per heavy atom. The van der Waals surface area contributed by atoms with Gasteiger partial charge in [-0.3, -0.25) is 0 Å². The molecule has 1 aliphatic carbocycles. The van der Waals surface area contributed by atoms with E-state index in [1.54, 1.807) is 13.0 Å². The Balaban J connectivity index is 2.06. The number of halogens is 1. The first-order valence-electron chi connectivity index (χ1n) is 6.46. The first-order valence-corrected chi connectivity index (χ1v) is 6.46. The summed E-state index contributed by atoms with van der Waals surface area (Å²) in [6.07, 6.45) is 5.18. The highest BCUT2D eigenvalue weighted by molar-refractivity contribution is 5.87. The molecular weight excluding hydrogens is 247 g/mol. The van der Waals surface area contributed by atoms with Crippen LogP contribution in [0.15, 0.2) is 24.3 Å². The lowest BCUT2D eigenvalue weighted by molar-refractivity contribution is -0.137. The lowest BCUT2D eigenvalue weighted by Crippen LogP contribution is -2.01. The average molecular weight is 264 g/mol. The fraction of sp³-hybridized carbons (Fsp3) is 0.400. The highest BCUT2D eigenvalue weighted by atomic mass is 19.1. The Morgan fingerprint density at radius 3 is 2.95 bits per heavy atom. The third kappa shape index (κ3) is 4.39. The highest BCUT2D eigenvalue weighted by Gasteiger charge is 2.22. The molecule has 0 spiro atoms. The van der Waals surface area contributed by atoms with Gasteiger partial charge in [0.2, 0.25) is 0 Å². The van der Waals surface area contributed by atoms with E-state index in [-0.39, 0.29) is 5.82 Å². The average Bonchev–Trinajstić information content (AvgIpc) is 3.19. The van der Waals surface area contributed by atoms with Crippen molar-refractivity contribution in [2.75, 3.05) is 13.2 Å². The molecule has 19 heavy (non-hydrogen) atoms. The van der Waals surface area contributed by atoms with Gasteiger partial charge in [0.05, 0.1) is 13.2 Å². The van der Waals surface area contributed by atoms with Gasteiger partial charge in [-0.1, -0.05) is 0 Å². The zero-order chi connectivity index (χ0) is 13.7.